The van der Waals surface area contributed by atoms with Gasteiger partial charge in [-0.05, 0) is 34.6 Å². The van der Waals surface area contributed by atoms with Gasteiger partial charge < -0.3 is 15.2 Å². The van der Waals surface area contributed by atoms with Crippen LogP contribution in [0.5, 0.6) is 0 Å². The first-order valence-electron chi connectivity index (χ1n) is 4.73. The Balaban J connectivity index is 2.71. The number of halogens is 1. The van der Waals surface area contributed by atoms with E-state index in [1.807, 2.05) is 0 Å². The Morgan fingerprint density at radius 1 is 1.56 bits per heavy atom. The summed E-state index contributed by atoms with van der Waals surface area (Å²) in [4.78, 5) is 15.1. The van der Waals surface area contributed by atoms with Gasteiger partial charge in [0, 0.05) is 17.1 Å². The molecule has 0 bridgehead atoms. The third-order valence-corrected chi connectivity index (χ3v) is 2.71. The maximum atomic E-state index is 11.0. The van der Waals surface area contributed by atoms with E-state index in [1.165, 1.54) is 0 Å². The average molecular weight is 284 g/mol. The number of hydrogen-bond donors (Lipinski definition) is 2. The molecule has 0 spiro atoms. The number of fused-ring (bicyclic) bond motifs is 1. The van der Waals surface area contributed by atoms with E-state index in [9.17, 15) is 4.79 Å². The van der Waals surface area contributed by atoms with Gasteiger partial charge in [-0.1, -0.05) is 0 Å². The summed E-state index contributed by atoms with van der Waals surface area (Å²) in [5, 5.41) is 9.01. The van der Waals surface area contributed by atoms with Gasteiger partial charge in [-0.15, -0.1) is 0 Å². The monoisotopic (exact) mass is 283 g/mol. The van der Waals surface area contributed by atoms with E-state index in [0.29, 0.717) is 24.3 Å². The van der Waals surface area contributed by atoms with Gasteiger partial charge in [0.15, 0.2) is 5.69 Å². The zero-order valence-corrected chi connectivity index (χ0v) is 9.94. The first-order valence-corrected chi connectivity index (χ1v) is 5.52. The molecule has 0 saturated heterocycles. The number of rotatable bonds is 3. The fourth-order valence-corrected chi connectivity index (χ4v) is 1.92. The maximum Gasteiger partial charge on any atom is 0.356 e. The van der Waals surface area contributed by atoms with Gasteiger partial charge in [0.2, 0.25) is 0 Å². The minimum Gasteiger partial charge on any atom is -0.476 e. The Morgan fingerprint density at radius 3 is 2.94 bits per heavy atom. The van der Waals surface area contributed by atoms with E-state index in [4.69, 9.17) is 10.8 Å². The summed E-state index contributed by atoms with van der Waals surface area (Å²) in [6.07, 6.45) is 2.34. The van der Waals surface area contributed by atoms with Crippen LogP contribution < -0.4 is 5.73 Å². The van der Waals surface area contributed by atoms with E-state index in [2.05, 4.69) is 20.9 Å². The minimum atomic E-state index is -1.02. The van der Waals surface area contributed by atoms with E-state index in [0.717, 1.165) is 4.47 Å². The fourth-order valence-electron chi connectivity index (χ4n) is 1.58. The number of hydrogen-bond acceptors (Lipinski definition) is 3. The lowest BCUT2D eigenvalue weighted by molar-refractivity contribution is 0.0693. The van der Waals surface area contributed by atoms with Crippen molar-refractivity contribution < 1.29 is 9.90 Å². The van der Waals surface area contributed by atoms with E-state index in [1.54, 1.807) is 22.7 Å². The Labute approximate surface area is 100 Å². The second-order valence-electron chi connectivity index (χ2n) is 3.32. The molecular weight excluding hydrogens is 274 g/mol. The predicted octanol–water partition coefficient (Wildman–Crippen LogP) is 1.30. The molecule has 0 amide bonds. The highest BCUT2D eigenvalue weighted by Crippen LogP contribution is 2.18. The molecule has 2 heterocycles. The molecule has 0 aliphatic heterocycles. The van der Waals surface area contributed by atoms with Crippen molar-refractivity contribution in [1.82, 2.24) is 9.38 Å². The Bertz CT molecular complexity index is 550. The van der Waals surface area contributed by atoms with Crippen molar-refractivity contribution in [2.75, 3.05) is 6.54 Å². The number of carboxylic acids is 1. The number of pyridine rings is 1. The molecule has 0 aliphatic rings. The van der Waals surface area contributed by atoms with Crippen LogP contribution in [-0.2, 0) is 6.42 Å². The van der Waals surface area contributed by atoms with Crippen LogP contribution in [0.25, 0.3) is 5.52 Å². The molecule has 0 radical (unpaired) electrons. The first kappa shape index (κ1) is 11.1. The summed E-state index contributed by atoms with van der Waals surface area (Å²) in [7, 11) is 0. The Morgan fingerprint density at radius 2 is 2.31 bits per heavy atom. The number of nitrogens with zero attached hydrogens (tertiary/aromatic N) is 2. The standard InChI is InChI=1S/C10H10BrN3O2/c11-6-1-2-7-9(10(15)16)13-8(3-4-12)14(7)5-6/h1-2,5H,3-4,12H2,(H,15,16). The lowest BCUT2D eigenvalue weighted by Crippen LogP contribution is -2.06. The molecule has 2 rings (SSSR count). The summed E-state index contributed by atoms with van der Waals surface area (Å²) in [6.45, 7) is 0.435. The highest BCUT2D eigenvalue weighted by molar-refractivity contribution is 9.10. The number of aromatic nitrogens is 2. The topological polar surface area (TPSA) is 80.6 Å². The summed E-state index contributed by atoms with van der Waals surface area (Å²) >= 11 is 3.34. The molecule has 16 heavy (non-hydrogen) atoms. The van der Waals surface area contributed by atoms with Crippen molar-refractivity contribution in [3.63, 3.8) is 0 Å². The van der Waals surface area contributed by atoms with Crippen molar-refractivity contribution in [1.29, 1.82) is 0 Å². The van der Waals surface area contributed by atoms with Gasteiger partial charge in [0.25, 0.3) is 0 Å². The van der Waals surface area contributed by atoms with E-state index in [-0.39, 0.29) is 5.69 Å². The van der Waals surface area contributed by atoms with Gasteiger partial charge in [-0.3, -0.25) is 0 Å². The number of carboxylic acid groups (broad SMARTS) is 1. The van der Waals surface area contributed by atoms with Crippen LogP contribution in [0.3, 0.4) is 0 Å². The molecule has 0 aliphatic carbocycles. The number of nitrogens with two attached hydrogens (primary N) is 1. The second kappa shape index (κ2) is 4.23. The molecule has 0 saturated carbocycles. The maximum absolute atomic E-state index is 11.0. The summed E-state index contributed by atoms with van der Waals surface area (Å²) < 4.78 is 2.62. The van der Waals surface area contributed by atoms with Gasteiger partial charge in [-0.25, -0.2) is 9.78 Å². The Hall–Kier alpha value is -1.40. The third-order valence-electron chi connectivity index (χ3n) is 2.24. The minimum absolute atomic E-state index is 0.0657. The van der Waals surface area contributed by atoms with Crippen LogP contribution in [0.4, 0.5) is 0 Å². The van der Waals surface area contributed by atoms with Crippen molar-refractivity contribution in [2.45, 2.75) is 6.42 Å². The van der Waals surface area contributed by atoms with Gasteiger partial charge >= 0.3 is 5.97 Å². The molecule has 0 fully saturated rings. The quantitative estimate of drug-likeness (QED) is 0.890. The predicted molar refractivity (Wildman–Crippen MR) is 62.6 cm³/mol. The molecule has 2 aromatic rings. The summed E-state index contributed by atoms with van der Waals surface area (Å²) in [5.74, 6) is -0.362. The van der Waals surface area contributed by atoms with Crippen LogP contribution in [0.1, 0.15) is 16.3 Å². The van der Waals surface area contributed by atoms with Crippen LogP contribution in [0.2, 0.25) is 0 Å². The second-order valence-corrected chi connectivity index (χ2v) is 4.24. The van der Waals surface area contributed by atoms with E-state index < -0.39 is 5.97 Å². The molecule has 0 atom stereocenters. The molecule has 5 nitrogen and oxygen atoms in total. The van der Waals surface area contributed by atoms with Gasteiger partial charge in [-0.2, -0.15) is 0 Å². The smallest absolute Gasteiger partial charge is 0.356 e. The van der Waals surface area contributed by atoms with Crippen LogP contribution >= 0.6 is 15.9 Å². The van der Waals surface area contributed by atoms with Crippen molar-refractivity contribution >= 4 is 27.4 Å². The zero-order valence-electron chi connectivity index (χ0n) is 8.35. The average Bonchev–Trinajstić information content (AvgIpc) is 2.58. The number of carbonyl (C=O) groups is 1. The van der Waals surface area contributed by atoms with Crippen molar-refractivity contribution in [2.24, 2.45) is 5.73 Å². The zero-order chi connectivity index (χ0) is 11.7. The lowest BCUT2D eigenvalue weighted by atomic mass is 10.3. The molecule has 0 unspecified atom stereocenters. The fraction of sp³-hybridized carbons (Fsp3) is 0.200. The number of aromatic carboxylic acids is 1. The first-order chi connectivity index (χ1) is 7.63. The van der Waals surface area contributed by atoms with Crippen molar-refractivity contribution in [3.8, 4) is 0 Å². The molecular formula is C10H10BrN3O2. The molecule has 84 valence electrons. The largest absolute Gasteiger partial charge is 0.476 e. The summed E-state index contributed by atoms with van der Waals surface area (Å²) in [6, 6.07) is 3.51. The highest BCUT2D eigenvalue weighted by Gasteiger charge is 2.15. The Kier molecular flexibility index (Phi) is 2.93. The van der Waals surface area contributed by atoms with Crippen LogP contribution in [0, 0.1) is 0 Å². The van der Waals surface area contributed by atoms with E-state index >= 15 is 0 Å². The third kappa shape index (κ3) is 1.81. The highest BCUT2D eigenvalue weighted by atomic mass is 79.9. The van der Waals surface area contributed by atoms with Crippen LogP contribution in [-0.4, -0.2) is 27.0 Å². The number of imidazole rings is 1. The molecule has 6 heteroatoms. The van der Waals surface area contributed by atoms with Gasteiger partial charge in [0.05, 0.1) is 5.52 Å². The SMILES string of the molecule is NCCc1nc(C(=O)O)c2ccc(Br)cn12. The molecule has 0 aromatic carbocycles. The normalized spacial score (nSPS) is 10.9. The van der Waals surface area contributed by atoms with Crippen molar-refractivity contribution in [3.05, 3.63) is 34.3 Å². The molecule has 3 N–H and O–H groups in total. The molecule has 2 aromatic heterocycles. The van der Waals surface area contributed by atoms with Gasteiger partial charge in [0.1, 0.15) is 5.82 Å². The summed E-state index contributed by atoms with van der Waals surface area (Å²) in [5.41, 5.74) is 6.11. The van der Waals surface area contributed by atoms with Crippen LogP contribution in [0.15, 0.2) is 22.8 Å². The lowest BCUT2D eigenvalue weighted by Gasteiger charge is -1.99.